The van der Waals surface area contributed by atoms with E-state index in [1.807, 2.05) is 18.2 Å². The molecule has 0 spiro atoms. The Morgan fingerprint density at radius 2 is 1.92 bits per heavy atom. The number of hydrogen-bond acceptors (Lipinski definition) is 6. The van der Waals surface area contributed by atoms with Crippen molar-refractivity contribution in [3.8, 4) is 11.4 Å². The molecule has 24 heavy (non-hydrogen) atoms. The largest absolute Gasteiger partial charge is 0.339 e. The summed E-state index contributed by atoms with van der Waals surface area (Å²) in [5.74, 6) is 0.299. The number of fused-ring (bicyclic) bond motifs is 1. The van der Waals surface area contributed by atoms with E-state index in [2.05, 4.69) is 15.1 Å². The van der Waals surface area contributed by atoms with Crippen molar-refractivity contribution >= 4 is 11.8 Å². The molecule has 1 fully saturated rings. The molecule has 1 aliphatic carbocycles. The molecule has 1 saturated heterocycles. The lowest BCUT2D eigenvalue weighted by Gasteiger charge is -2.14. The molecule has 2 aromatic heterocycles. The van der Waals surface area contributed by atoms with Crippen LogP contribution < -0.4 is 0 Å². The van der Waals surface area contributed by atoms with Crippen LogP contribution in [0.4, 0.5) is 0 Å². The van der Waals surface area contributed by atoms with Gasteiger partial charge in [0.15, 0.2) is 0 Å². The zero-order chi connectivity index (χ0) is 16.5. The number of imide groups is 1. The van der Waals surface area contributed by atoms with Gasteiger partial charge in [0, 0.05) is 30.9 Å². The van der Waals surface area contributed by atoms with Crippen LogP contribution in [0, 0.1) is 11.8 Å². The van der Waals surface area contributed by atoms with Crippen LogP contribution in [0.25, 0.3) is 11.4 Å². The second-order valence-corrected chi connectivity index (χ2v) is 5.99. The maximum absolute atomic E-state index is 12.4. The zero-order valence-corrected chi connectivity index (χ0v) is 13.0. The molecule has 0 aromatic carbocycles. The first-order valence-corrected chi connectivity index (χ1v) is 7.97. The Bertz CT molecular complexity index is 773. The van der Waals surface area contributed by atoms with Crippen molar-refractivity contribution in [2.45, 2.75) is 19.3 Å². The minimum atomic E-state index is -0.198. The van der Waals surface area contributed by atoms with Gasteiger partial charge in [-0.05, 0) is 25.0 Å². The summed E-state index contributed by atoms with van der Waals surface area (Å²) < 4.78 is 5.22. The summed E-state index contributed by atoms with van der Waals surface area (Å²) in [5.41, 5.74) is 0.762. The molecule has 2 aromatic rings. The molecular weight excluding hydrogens is 308 g/mol. The molecular formula is C17H16N4O3. The van der Waals surface area contributed by atoms with Crippen molar-refractivity contribution in [2.24, 2.45) is 11.8 Å². The third kappa shape index (κ3) is 2.51. The van der Waals surface area contributed by atoms with Gasteiger partial charge in [0.1, 0.15) is 0 Å². The normalized spacial score (nSPS) is 22.9. The summed E-state index contributed by atoms with van der Waals surface area (Å²) in [7, 11) is 0. The highest BCUT2D eigenvalue weighted by molar-refractivity contribution is 6.05. The Hall–Kier alpha value is -2.83. The van der Waals surface area contributed by atoms with Gasteiger partial charge in [-0.3, -0.25) is 19.5 Å². The van der Waals surface area contributed by atoms with Crippen LogP contribution in [0.15, 0.2) is 41.2 Å². The van der Waals surface area contributed by atoms with Gasteiger partial charge in [-0.25, -0.2) is 0 Å². The van der Waals surface area contributed by atoms with Crippen molar-refractivity contribution in [3.63, 3.8) is 0 Å². The fourth-order valence-corrected chi connectivity index (χ4v) is 3.27. The van der Waals surface area contributed by atoms with Gasteiger partial charge in [0.2, 0.25) is 23.5 Å². The van der Waals surface area contributed by atoms with E-state index in [0.29, 0.717) is 31.0 Å². The van der Waals surface area contributed by atoms with E-state index in [0.717, 1.165) is 5.56 Å². The van der Waals surface area contributed by atoms with Crippen molar-refractivity contribution in [2.75, 3.05) is 6.54 Å². The first kappa shape index (κ1) is 14.7. The Balaban J connectivity index is 1.43. The van der Waals surface area contributed by atoms with E-state index in [4.69, 9.17) is 4.52 Å². The van der Waals surface area contributed by atoms with Crippen molar-refractivity contribution in [1.29, 1.82) is 0 Å². The summed E-state index contributed by atoms with van der Waals surface area (Å²) in [6.07, 6.45) is 8.94. The monoisotopic (exact) mass is 324 g/mol. The maximum atomic E-state index is 12.4. The lowest BCUT2D eigenvalue weighted by atomic mass is 9.85. The van der Waals surface area contributed by atoms with Gasteiger partial charge in [-0.1, -0.05) is 17.3 Å². The average Bonchev–Trinajstić information content (AvgIpc) is 3.19. The number of aromatic nitrogens is 3. The fourth-order valence-electron chi connectivity index (χ4n) is 3.27. The number of pyridine rings is 1. The number of amides is 2. The van der Waals surface area contributed by atoms with Crippen molar-refractivity contribution in [3.05, 3.63) is 42.6 Å². The van der Waals surface area contributed by atoms with Gasteiger partial charge in [0.05, 0.1) is 11.8 Å². The second kappa shape index (κ2) is 5.99. The van der Waals surface area contributed by atoms with Gasteiger partial charge in [-0.2, -0.15) is 4.98 Å². The average molecular weight is 324 g/mol. The lowest BCUT2D eigenvalue weighted by molar-refractivity contribution is -0.139. The number of carbonyl (C=O) groups excluding carboxylic acids is 2. The molecule has 7 heteroatoms. The van der Waals surface area contributed by atoms with Gasteiger partial charge in [-0.15, -0.1) is 0 Å². The summed E-state index contributed by atoms with van der Waals surface area (Å²) >= 11 is 0. The fraction of sp³-hybridized carbons (Fsp3) is 0.353. The summed E-state index contributed by atoms with van der Waals surface area (Å²) in [6.45, 7) is 0.277. The van der Waals surface area contributed by atoms with E-state index in [9.17, 15) is 9.59 Å². The number of rotatable bonds is 4. The SMILES string of the molecule is O=C1[C@H]2CC=CC[C@@H]2C(=O)N1CCc1nc(-c2cccnc2)no1. The van der Waals surface area contributed by atoms with E-state index >= 15 is 0 Å². The molecule has 4 rings (SSSR count). The summed E-state index contributed by atoms with van der Waals surface area (Å²) in [4.78, 5) is 34.5. The van der Waals surface area contributed by atoms with Crippen molar-refractivity contribution in [1.82, 2.24) is 20.0 Å². The maximum Gasteiger partial charge on any atom is 0.233 e. The molecule has 122 valence electrons. The highest BCUT2D eigenvalue weighted by atomic mass is 16.5. The molecule has 0 radical (unpaired) electrons. The van der Waals surface area contributed by atoms with Gasteiger partial charge < -0.3 is 4.52 Å². The van der Waals surface area contributed by atoms with Crippen LogP contribution in [-0.4, -0.2) is 38.4 Å². The van der Waals surface area contributed by atoms with E-state index in [-0.39, 0.29) is 30.2 Å². The van der Waals surface area contributed by atoms with Crippen LogP contribution in [-0.2, 0) is 16.0 Å². The second-order valence-electron chi connectivity index (χ2n) is 5.99. The number of allylic oxidation sites excluding steroid dienone is 2. The van der Waals surface area contributed by atoms with E-state index in [1.54, 1.807) is 18.5 Å². The highest BCUT2D eigenvalue weighted by Gasteiger charge is 2.46. The van der Waals surface area contributed by atoms with E-state index < -0.39 is 0 Å². The Morgan fingerprint density at radius 1 is 1.17 bits per heavy atom. The molecule has 2 amide bonds. The number of nitrogens with zero attached hydrogens (tertiary/aromatic N) is 4. The molecule has 3 heterocycles. The number of likely N-dealkylation sites (tertiary alicyclic amines) is 1. The predicted molar refractivity (Wildman–Crippen MR) is 83.3 cm³/mol. The summed E-state index contributed by atoms with van der Waals surface area (Å²) in [5, 5.41) is 3.92. The Labute approximate surface area is 138 Å². The van der Waals surface area contributed by atoms with Crippen LogP contribution in [0.1, 0.15) is 18.7 Å². The lowest BCUT2D eigenvalue weighted by Crippen LogP contribution is -2.33. The molecule has 2 aliphatic rings. The minimum absolute atomic E-state index is 0.0821. The predicted octanol–water partition coefficient (Wildman–Crippen LogP) is 1.63. The molecule has 1 aliphatic heterocycles. The quantitative estimate of drug-likeness (QED) is 0.627. The van der Waals surface area contributed by atoms with E-state index in [1.165, 1.54) is 4.90 Å². The first-order chi connectivity index (χ1) is 11.7. The first-order valence-electron chi connectivity index (χ1n) is 7.97. The topological polar surface area (TPSA) is 89.2 Å². The molecule has 0 N–H and O–H groups in total. The smallest absolute Gasteiger partial charge is 0.233 e. The minimum Gasteiger partial charge on any atom is -0.339 e. The van der Waals surface area contributed by atoms with Crippen LogP contribution in [0.3, 0.4) is 0 Å². The number of carbonyl (C=O) groups is 2. The number of hydrogen-bond donors (Lipinski definition) is 0. The molecule has 2 atom stereocenters. The van der Waals surface area contributed by atoms with Crippen molar-refractivity contribution < 1.29 is 14.1 Å². The standard InChI is InChI=1S/C17H16N4O3/c22-16-12-5-1-2-6-13(12)17(23)21(16)9-7-14-19-15(20-24-14)11-4-3-8-18-10-11/h1-4,8,10,12-13H,5-7,9H2/t12-,13-/m0/s1. The Morgan fingerprint density at radius 3 is 2.58 bits per heavy atom. The molecule has 0 unspecified atom stereocenters. The third-order valence-corrected chi connectivity index (χ3v) is 4.54. The summed E-state index contributed by atoms with van der Waals surface area (Å²) in [6, 6.07) is 3.63. The van der Waals surface area contributed by atoms with Crippen LogP contribution in [0.2, 0.25) is 0 Å². The van der Waals surface area contributed by atoms with Gasteiger partial charge in [0.25, 0.3) is 0 Å². The van der Waals surface area contributed by atoms with Crippen LogP contribution in [0.5, 0.6) is 0 Å². The third-order valence-electron chi connectivity index (χ3n) is 4.54. The highest BCUT2D eigenvalue weighted by Crippen LogP contribution is 2.35. The molecule has 0 saturated carbocycles. The molecule has 7 nitrogen and oxygen atoms in total. The van der Waals surface area contributed by atoms with Crippen LogP contribution >= 0.6 is 0 Å². The van der Waals surface area contributed by atoms with Gasteiger partial charge >= 0.3 is 0 Å². The Kier molecular flexibility index (Phi) is 3.68. The zero-order valence-electron chi connectivity index (χ0n) is 13.0. The molecule has 0 bridgehead atoms.